The maximum atomic E-state index is 14.8. The fourth-order valence-electron chi connectivity index (χ4n) is 3.84. The number of nitrogens with one attached hydrogen (secondary N) is 1. The standard InChI is InChI=1S/C23H22FN3O4/c1-2-30-23(29)15-12-31-22-14-4-3-5-16(24)17(14)21(28)19(18(15)22)20(27-11-8-25)13-6-9-26-10-7-13/h3-7,9-10,12,20,27-28H,2,8,11,25H2,1H3. The molecule has 0 aliphatic rings. The third-order valence-electron chi connectivity index (χ3n) is 5.13. The average Bonchev–Trinajstić information content (AvgIpc) is 3.22. The molecule has 0 saturated heterocycles. The zero-order valence-electron chi connectivity index (χ0n) is 16.9. The molecule has 8 heteroatoms. The Morgan fingerprint density at radius 1 is 1.29 bits per heavy atom. The second-order valence-corrected chi connectivity index (χ2v) is 6.96. The van der Waals surface area contributed by atoms with E-state index in [0.717, 1.165) is 5.56 Å². The molecule has 2 aromatic heterocycles. The molecule has 0 aliphatic heterocycles. The van der Waals surface area contributed by atoms with Gasteiger partial charge in [0.15, 0.2) is 0 Å². The molecule has 2 aromatic carbocycles. The number of benzene rings is 2. The lowest BCUT2D eigenvalue weighted by Gasteiger charge is -2.23. The normalized spacial score (nSPS) is 12.4. The summed E-state index contributed by atoms with van der Waals surface area (Å²) < 4.78 is 25.7. The van der Waals surface area contributed by atoms with Gasteiger partial charge in [-0.15, -0.1) is 0 Å². The molecule has 7 nitrogen and oxygen atoms in total. The van der Waals surface area contributed by atoms with Gasteiger partial charge in [-0.1, -0.05) is 12.1 Å². The first-order valence-electron chi connectivity index (χ1n) is 9.93. The number of hydrogen-bond donors (Lipinski definition) is 3. The van der Waals surface area contributed by atoms with Crippen LogP contribution in [0.1, 0.15) is 34.5 Å². The minimum atomic E-state index is -0.608. The van der Waals surface area contributed by atoms with Gasteiger partial charge in [0.25, 0.3) is 0 Å². The Kier molecular flexibility index (Phi) is 5.83. The van der Waals surface area contributed by atoms with Crippen molar-refractivity contribution in [3.63, 3.8) is 0 Å². The lowest BCUT2D eigenvalue weighted by atomic mass is 9.90. The van der Waals surface area contributed by atoms with Crippen LogP contribution < -0.4 is 11.1 Å². The molecule has 160 valence electrons. The summed E-state index contributed by atoms with van der Waals surface area (Å²) in [5.41, 5.74) is 7.22. The van der Waals surface area contributed by atoms with E-state index in [9.17, 15) is 14.3 Å². The fourth-order valence-corrected chi connectivity index (χ4v) is 3.84. The van der Waals surface area contributed by atoms with Crippen LogP contribution in [-0.2, 0) is 4.74 Å². The summed E-state index contributed by atoms with van der Waals surface area (Å²) in [7, 11) is 0. The molecule has 0 bridgehead atoms. The largest absolute Gasteiger partial charge is 0.507 e. The number of carbonyl (C=O) groups is 1. The minimum Gasteiger partial charge on any atom is -0.507 e. The summed E-state index contributed by atoms with van der Waals surface area (Å²) in [5, 5.41) is 15.3. The number of carbonyl (C=O) groups excluding carboxylic acids is 1. The molecule has 4 N–H and O–H groups in total. The van der Waals surface area contributed by atoms with Gasteiger partial charge in [0.05, 0.1) is 18.0 Å². The molecule has 4 aromatic rings. The van der Waals surface area contributed by atoms with Crippen LogP contribution in [0.25, 0.3) is 21.7 Å². The van der Waals surface area contributed by atoms with Gasteiger partial charge >= 0.3 is 5.97 Å². The van der Waals surface area contributed by atoms with Crippen LogP contribution in [0, 0.1) is 5.82 Å². The number of fused-ring (bicyclic) bond motifs is 3. The van der Waals surface area contributed by atoms with Gasteiger partial charge in [0.2, 0.25) is 0 Å². The van der Waals surface area contributed by atoms with E-state index >= 15 is 0 Å². The van der Waals surface area contributed by atoms with E-state index in [4.69, 9.17) is 14.9 Å². The zero-order chi connectivity index (χ0) is 22.0. The Morgan fingerprint density at radius 3 is 2.77 bits per heavy atom. The summed E-state index contributed by atoms with van der Waals surface area (Å²) in [6.45, 7) is 2.62. The molecule has 0 spiro atoms. The molecule has 0 amide bonds. The van der Waals surface area contributed by atoms with Gasteiger partial charge in [-0.3, -0.25) is 4.98 Å². The smallest absolute Gasteiger partial charge is 0.342 e. The minimum absolute atomic E-state index is 0.0170. The summed E-state index contributed by atoms with van der Waals surface area (Å²) in [6.07, 6.45) is 4.51. The highest BCUT2D eigenvalue weighted by molar-refractivity contribution is 6.16. The first kappa shape index (κ1) is 20.8. The number of pyridine rings is 1. The Balaban J connectivity index is 2.11. The van der Waals surface area contributed by atoms with Crippen LogP contribution in [-0.4, -0.2) is 35.8 Å². The maximum absolute atomic E-state index is 14.8. The molecule has 1 atom stereocenters. The van der Waals surface area contributed by atoms with Crippen molar-refractivity contribution >= 4 is 27.7 Å². The average molecular weight is 423 g/mol. The number of aromatic nitrogens is 1. The predicted molar refractivity (Wildman–Crippen MR) is 114 cm³/mol. The number of ether oxygens (including phenoxy) is 1. The molecule has 0 saturated carbocycles. The topological polar surface area (TPSA) is 111 Å². The van der Waals surface area contributed by atoms with Crippen LogP contribution in [0.3, 0.4) is 0 Å². The van der Waals surface area contributed by atoms with E-state index in [0.29, 0.717) is 35.0 Å². The predicted octanol–water partition coefficient (Wildman–Crippen LogP) is 3.64. The van der Waals surface area contributed by atoms with Crippen molar-refractivity contribution in [2.45, 2.75) is 13.0 Å². The lowest BCUT2D eigenvalue weighted by Crippen LogP contribution is -2.28. The number of aromatic hydroxyl groups is 1. The maximum Gasteiger partial charge on any atom is 0.342 e. The highest BCUT2D eigenvalue weighted by Gasteiger charge is 2.30. The Hall–Kier alpha value is -3.49. The molecular weight excluding hydrogens is 401 g/mol. The number of halogens is 1. The van der Waals surface area contributed by atoms with Crippen molar-refractivity contribution in [2.24, 2.45) is 5.73 Å². The number of rotatable bonds is 7. The first-order valence-corrected chi connectivity index (χ1v) is 9.93. The molecule has 0 radical (unpaired) electrons. The van der Waals surface area contributed by atoms with Gasteiger partial charge < -0.3 is 25.3 Å². The number of esters is 1. The molecule has 0 fully saturated rings. The zero-order valence-corrected chi connectivity index (χ0v) is 16.9. The van der Waals surface area contributed by atoms with Crippen molar-refractivity contribution in [1.82, 2.24) is 10.3 Å². The number of phenols is 1. The Morgan fingerprint density at radius 2 is 2.06 bits per heavy atom. The molecular formula is C23H22FN3O4. The number of hydrogen-bond acceptors (Lipinski definition) is 7. The molecule has 4 rings (SSSR count). The summed E-state index contributed by atoms with van der Waals surface area (Å²) in [4.78, 5) is 16.7. The monoisotopic (exact) mass is 423 g/mol. The summed E-state index contributed by atoms with van der Waals surface area (Å²) in [5.74, 6) is -1.47. The summed E-state index contributed by atoms with van der Waals surface area (Å²) >= 11 is 0. The van der Waals surface area contributed by atoms with E-state index < -0.39 is 17.8 Å². The Labute approximate surface area is 177 Å². The quantitative estimate of drug-likeness (QED) is 0.389. The number of nitrogens with two attached hydrogens (primary N) is 1. The third kappa shape index (κ3) is 3.60. The summed E-state index contributed by atoms with van der Waals surface area (Å²) in [6, 6.07) is 7.36. The SMILES string of the molecule is CCOC(=O)c1coc2c1c(C(NCCN)c1ccncc1)c(O)c1c(F)cccc12. The molecule has 2 heterocycles. The highest BCUT2D eigenvalue weighted by Crippen LogP contribution is 2.45. The third-order valence-corrected chi connectivity index (χ3v) is 5.13. The van der Waals surface area contributed by atoms with E-state index in [2.05, 4.69) is 10.3 Å². The van der Waals surface area contributed by atoms with Crippen LogP contribution in [0.15, 0.2) is 53.4 Å². The molecule has 0 aliphatic carbocycles. The van der Waals surface area contributed by atoms with Crippen LogP contribution in [0.4, 0.5) is 4.39 Å². The lowest BCUT2D eigenvalue weighted by molar-refractivity contribution is 0.0527. The fraction of sp³-hybridized carbons (Fsp3) is 0.217. The second-order valence-electron chi connectivity index (χ2n) is 6.96. The van der Waals surface area contributed by atoms with E-state index in [1.807, 2.05) is 0 Å². The van der Waals surface area contributed by atoms with Gasteiger partial charge in [0, 0.05) is 41.8 Å². The van der Waals surface area contributed by atoms with Crippen LogP contribution in [0.5, 0.6) is 5.75 Å². The van der Waals surface area contributed by atoms with Gasteiger partial charge in [0.1, 0.15) is 29.0 Å². The van der Waals surface area contributed by atoms with E-state index in [-0.39, 0.29) is 23.3 Å². The second kappa shape index (κ2) is 8.71. The van der Waals surface area contributed by atoms with Crippen molar-refractivity contribution < 1.29 is 23.4 Å². The molecule has 31 heavy (non-hydrogen) atoms. The van der Waals surface area contributed by atoms with Crippen molar-refractivity contribution in [3.8, 4) is 5.75 Å². The number of phenolic OH excluding ortho intramolecular Hbond substituents is 1. The highest BCUT2D eigenvalue weighted by atomic mass is 19.1. The van der Waals surface area contributed by atoms with Crippen LogP contribution in [0.2, 0.25) is 0 Å². The number of furan rings is 1. The van der Waals surface area contributed by atoms with Crippen LogP contribution >= 0.6 is 0 Å². The molecule has 1 unspecified atom stereocenters. The van der Waals surface area contributed by atoms with Crippen molar-refractivity contribution in [3.05, 3.63) is 71.5 Å². The van der Waals surface area contributed by atoms with Gasteiger partial charge in [-0.2, -0.15) is 0 Å². The van der Waals surface area contributed by atoms with E-state index in [1.54, 1.807) is 37.5 Å². The van der Waals surface area contributed by atoms with Gasteiger partial charge in [-0.25, -0.2) is 9.18 Å². The Bertz CT molecular complexity index is 1240. The van der Waals surface area contributed by atoms with Crippen molar-refractivity contribution in [2.75, 3.05) is 19.7 Å². The van der Waals surface area contributed by atoms with Gasteiger partial charge in [-0.05, 0) is 30.7 Å². The van der Waals surface area contributed by atoms with E-state index in [1.165, 1.54) is 18.4 Å². The number of nitrogens with zero attached hydrogens (tertiary/aromatic N) is 1. The first-order chi connectivity index (χ1) is 15.1. The van der Waals surface area contributed by atoms with Crippen molar-refractivity contribution in [1.29, 1.82) is 0 Å².